The minimum atomic E-state index is -0.667. The highest BCUT2D eigenvalue weighted by molar-refractivity contribution is 7.80. The van der Waals surface area contributed by atoms with E-state index in [9.17, 15) is 14.0 Å². The fraction of sp³-hybridized carbons (Fsp3) is 0.105. The van der Waals surface area contributed by atoms with Gasteiger partial charge in [-0.3, -0.25) is 19.8 Å². The van der Waals surface area contributed by atoms with Crippen LogP contribution in [0.5, 0.6) is 11.5 Å². The molecule has 2 amide bonds. The summed E-state index contributed by atoms with van der Waals surface area (Å²) in [7, 11) is 2.94. The van der Waals surface area contributed by atoms with E-state index in [1.165, 1.54) is 38.5 Å². The molecule has 0 saturated carbocycles. The summed E-state index contributed by atoms with van der Waals surface area (Å²) in [6.07, 6.45) is 1.38. The number of hydrogen-bond donors (Lipinski definition) is 1. The molecule has 0 aliphatic carbocycles. The second kappa shape index (κ2) is 7.55. The number of benzene rings is 2. The number of anilines is 1. The van der Waals surface area contributed by atoms with Gasteiger partial charge in [-0.05, 0) is 42.6 Å². The molecule has 0 aromatic heterocycles. The molecule has 1 saturated heterocycles. The van der Waals surface area contributed by atoms with Crippen molar-refractivity contribution in [1.29, 1.82) is 0 Å². The first-order chi connectivity index (χ1) is 13.0. The molecule has 1 aliphatic rings. The third-order valence-corrected chi connectivity index (χ3v) is 4.19. The van der Waals surface area contributed by atoms with E-state index < -0.39 is 17.6 Å². The lowest BCUT2D eigenvalue weighted by Gasteiger charge is -2.29. The van der Waals surface area contributed by atoms with Gasteiger partial charge in [0.2, 0.25) is 0 Å². The molecule has 0 spiro atoms. The number of nitrogens with one attached hydrogen (secondary N) is 1. The highest BCUT2D eigenvalue weighted by Gasteiger charge is 2.34. The largest absolute Gasteiger partial charge is 0.493 e. The third kappa shape index (κ3) is 3.52. The molecule has 0 unspecified atom stereocenters. The van der Waals surface area contributed by atoms with Crippen LogP contribution in [0.2, 0.25) is 0 Å². The molecule has 2 aromatic carbocycles. The number of carbonyl (C=O) groups is 2. The fourth-order valence-corrected chi connectivity index (χ4v) is 2.97. The number of methoxy groups -OCH3 is 2. The molecule has 1 aliphatic heterocycles. The number of thiocarbonyl (C=S) groups is 1. The molecule has 6 nitrogen and oxygen atoms in total. The number of nitrogens with zero attached hydrogens (tertiary/aromatic N) is 1. The Morgan fingerprint density at radius 2 is 1.85 bits per heavy atom. The predicted octanol–water partition coefficient (Wildman–Crippen LogP) is 2.67. The van der Waals surface area contributed by atoms with Gasteiger partial charge in [0, 0.05) is 5.56 Å². The van der Waals surface area contributed by atoms with E-state index in [0.717, 1.165) is 11.0 Å². The maximum absolute atomic E-state index is 13.6. The first-order valence-corrected chi connectivity index (χ1v) is 8.25. The van der Waals surface area contributed by atoms with Gasteiger partial charge in [0.1, 0.15) is 11.4 Å². The minimum Gasteiger partial charge on any atom is -0.493 e. The topological polar surface area (TPSA) is 67.9 Å². The van der Waals surface area contributed by atoms with Crippen LogP contribution in [0.4, 0.5) is 10.1 Å². The van der Waals surface area contributed by atoms with Crippen LogP contribution in [0.25, 0.3) is 6.08 Å². The zero-order valence-electron chi connectivity index (χ0n) is 14.5. The van der Waals surface area contributed by atoms with Crippen molar-refractivity contribution in [3.05, 3.63) is 59.4 Å². The fourth-order valence-electron chi connectivity index (χ4n) is 2.69. The van der Waals surface area contributed by atoms with Crippen molar-refractivity contribution >= 4 is 40.9 Å². The van der Waals surface area contributed by atoms with Gasteiger partial charge >= 0.3 is 0 Å². The van der Waals surface area contributed by atoms with Crippen molar-refractivity contribution < 1.29 is 23.5 Å². The second-order valence-corrected chi connectivity index (χ2v) is 5.91. The lowest BCUT2D eigenvalue weighted by atomic mass is 10.1. The van der Waals surface area contributed by atoms with Crippen molar-refractivity contribution in [3.63, 3.8) is 0 Å². The van der Waals surface area contributed by atoms with E-state index in [4.69, 9.17) is 21.7 Å². The maximum Gasteiger partial charge on any atom is 0.270 e. The van der Waals surface area contributed by atoms with E-state index in [-0.39, 0.29) is 16.4 Å². The molecule has 1 N–H and O–H groups in total. The van der Waals surface area contributed by atoms with Crippen LogP contribution in [0.1, 0.15) is 5.56 Å². The smallest absolute Gasteiger partial charge is 0.270 e. The first kappa shape index (κ1) is 18.5. The number of para-hydroxylation sites is 1. The molecule has 3 rings (SSSR count). The zero-order valence-corrected chi connectivity index (χ0v) is 15.3. The molecular formula is C19H15FN2O4S. The van der Waals surface area contributed by atoms with Crippen LogP contribution < -0.4 is 19.7 Å². The molecule has 0 bridgehead atoms. The third-order valence-electron chi connectivity index (χ3n) is 3.90. The Bertz CT molecular complexity index is 974. The van der Waals surface area contributed by atoms with Crippen LogP contribution in [-0.2, 0) is 9.59 Å². The van der Waals surface area contributed by atoms with Crippen molar-refractivity contribution in [3.8, 4) is 11.5 Å². The Labute approximate surface area is 160 Å². The number of hydrogen-bond acceptors (Lipinski definition) is 5. The molecular weight excluding hydrogens is 371 g/mol. The summed E-state index contributed by atoms with van der Waals surface area (Å²) in [5, 5.41) is 2.33. The van der Waals surface area contributed by atoms with Gasteiger partial charge < -0.3 is 9.47 Å². The lowest BCUT2D eigenvalue weighted by molar-refractivity contribution is -0.122. The van der Waals surface area contributed by atoms with Gasteiger partial charge in [-0.1, -0.05) is 18.2 Å². The highest BCUT2D eigenvalue weighted by atomic mass is 32.1. The number of amides is 2. The lowest BCUT2D eigenvalue weighted by Crippen LogP contribution is -2.54. The Morgan fingerprint density at radius 1 is 1.11 bits per heavy atom. The van der Waals surface area contributed by atoms with Crippen molar-refractivity contribution in [2.75, 3.05) is 19.1 Å². The average molecular weight is 386 g/mol. The SMILES string of the molecule is COc1cccc(C=C2C(=O)NC(=S)N(c3cccc(F)c3)C2=O)c1OC. The summed E-state index contributed by atoms with van der Waals surface area (Å²) in [6.45, 7) is 0. The van der Waals surface area contributed by atoms with Gasteiger partial charge in [0.25, 0.3) is 11.8 Å². The van der Waals surface area contributed by atoms with Crippen LogP contribution in [0.15, 0.2) is 48.0 Å². The minimum absolute atomic E-state index is 0.120. The summed E-state index contributed by atoms with van der Waals surface area (Å²) >= 11 is 5.09. The Morgan fingerprint density at radius 3 is 2.52 bits per heavy atom. The maximum atomic E-state index is 13.6. The van der Waals surface area contributed by atoms with Crippen LogP contribution in [0, 0.1) is 5.82 Å². The van der Waals surface area contributed by atoms with Gasteiger partial charge in [0.05, 0.1) is 19.9 Å². The Hall–Kier alpha value is -3.26. The van der Waals surface area contributed by atoms with Gasteiger partial charge in [-0.25, -0.2) is 4.39 Å². The normalized spacial score (nSPS) is 15.7. The number of ether oxygens (including phenoxy) is 2. The van der Waals surface area contributed by atoms with Gasteiger partial charge in [0.15, 0.2) is 16.6 Å². The van der Waals surface area contributed by atoms with Crippen LogP contribution in [-0.4, -0.2) is 31.1 Å². The predicted molar refractivity (Wildman–Crippen MR) is 102 cm³/mol. The van der Waals surface area contributed by atoms with Crippen molar-refractivity contribution in [2.24, 2.45) is 0 Å². The summed E-state index contributed by atoms with van der Waals surface area (Å²) < 4.78 is 24.1. The highest BCUT2D eigenvalue weighted by Crippen LogP contribution is 2.33. The summed E-state index contributed by atoms with van der Waals surface area (Å²) in [6, 6.07) is 10.4. The summed E-state index contributed by atoms with van der Waals surface area (Å²) in [5.41, 5.74) is 0.523. The Kier molecular flexibility index (Phi) is 5.18. The summed E-state index contributed by atoms with van der Waals surface area (Å²) in [5.74, 6) is -1.02. The van der Waals surface area contributed by atoms with E-state index in [2.05, 4.69) is 5.32 Å². The number of halogens is 1. The number of carbonyl (C=O) groups excluding carboxylic acids is 2. The molecule has 0 atom stereocenters. The second-order valence-electron chi connectivity index (χ2n) is 5.52. The van der Waals surface area contributed by atoms with Gasteiger partial charge in [-0.2, -0.15) is 0 Å². The molecule has 2 aromatic rings. The standard InChI is InChI=1S/C19H15FN2O4S/c1-25-15-8-3-5-11(16(15)26-2)9-14-17(23)21-19(27)22(18(14)24)13-7-4-6-12(20)10-13/h3-10H,1-2H3,(H,21,23,27). The Balaban J connectivity index is 2.08. The van der Waals surface area contributed by atoms with Crippen LogP contribution >= 0.6 is 12.2 Å². The average Bonchev–Trinajstić information content (AvgIpc) is 2.64. The van der Waals surface area contributed by atoms with Crippen molar-refractivity contribution in [1.82, 2.24) is 5.32 Å². The molecule has 0 radical (unpaired) electrons. The first-order valence-electron chi connectivity index (χ1n) is 7.84. The molecule has 27 heavy (non-hydrogen) atoms. The molecule has 1 heterocycles. The quantitative estimate of drug-likeness (QED) is 0.497. The number of rotatable bonds is 4. The van der Waals surface area contributed by atoms with E-state index in [0.29, 0.717) is 17.1 Å². The molecule has 8 heteroatoms. The molecule has 1 fully saturated rings. The van der Waals surface area contributed by atoms with E-state index >= 15 is 0 Å². The molecule has 138 valence electrons. The van der Waals surface area contributed by atoms with E-state index in [1.54, 1.807) is 18.2 Å². The van der Waals surface area contributed by atoms with Crippen LogP contribution in [0.3, 0.4) is 0 Å². The van der Waals surface area contributed by atoms with Crippen molar-refractivity contribution in [2.45, 2.75) is 0 Å². The van der Waals surface area contributed by atoms with E-state index in [1.807, 2.05) is 0 Å². The van der Waals surface area contributed by atoms with Gasteiger partial charge in [-0.15, -0.1) is 0 Å². The zero-order chi connectivity index (χ0) is 19.6. The summed E-state index contributed by atoms with van der Waals surface area (Å²) in [4.78, 5) is 26.4. The monoisotopic (exact) mass is 386 g/mol.